The van der Waals surface area contributed by atoms with Crippen LogP contribution in [0, 0.1) is 5.92 Å². The minimum absolute atomic E-state index is 0.108. The van der Waals surface area contributed by atoms with Gasteiger partial charge in [-0.3, -0.25) is 37.3 Å². The number of unbranched alkanes of at least 4 members (excludes halogenated alkanes) is 61. The molecule has 2 unspecified atom stereocenters. The molecule has 0 aromatic heterocycles. The van der Waals surface area contributed by atoms with E-state index in [0.29, 0.717) is 25.7 Å². The summed E-state index contributed by atoms with van der Waals surface area (Å²) in [4.78, 5) is 73.4. The molecule has 642 valence electrons. The first-order valence-corrected chi connectivity index (χ1v) is 49.1. The van der Waals surface area contributed by atoms with Crippen LogP contribution in [-0.4, -0.2) is 96.7 Å². The lowest BCUT2D eigenvalue weighted by Crippen LogP contribution is -2.30. The average Bonchev–Trinajstić information content (AvgIpc) is 0.905. The van der Waals surface area contributed by atoms with Crippen molar-refractivity contribution in [3.05, 3.63) is 0 Å². The van der Waals surface area contributed by atoms with Crippen LogP contribution in [0.1, 0.15) is 484 Å². The van der Waals surface area contributed by atoms with Crippen LogP contribution < -0.4 is 0 Å². The van der Waals surface area contributed by atoms with Gasteiger partial charge in [0.1, 0.15) is 19.3 Å². The van der Waals surface area contributed by atoms with E-state index in [1.807, 2.05) is 0 Å². The number of phosphoric ester groups is 2. The third kappa shape index (κ3) is 82.1. The van der Waals surface area contributed by atoms with Gasteiger partial charge in [-0.1, -0.05) is 433 Å². The van der Waals surface area contributed by atoms with Crippen molar-refractivity contribution in [3.63, 3.8) is 0 Å². The highest BCUT2D eigenvalue weighted by molar-refractivity contribution is 7.47. The molecule has 0 spiro atoms. The molecule has 3 N–H and O–H groups in total. The Hall–Kier alpha value is -1.94. The Balaban J connectivity index is 5.24. The molecular weight excluding hydrogens is 1400 g/mol. The monoisotopic (exact) mass is 1580 g/mol. The van der Waals surface area contributed by atoms with E-state index in [2.05, 4.69) is 34.6 Å². The summed E-state index contributed by atoms with van der Waals surface area (Å²) >= 11 is 0. The average molecular weight is 1580 g/mol. The zero-order chi connectivity index (χ0) is 79.0. The van der Waals surface area contributed by atoms with Gasteiger partial charge in [0.2, 0.25) is 0 Å². The number of rotatable bonds is 89. The summed E-state index contributed by atoms with van der Waals surface area (Å²) in [5.41, 5.74) is 0. The molecule has 17 nitrogen and oxygen atoms in total. The van der Waals surface area contributed by atoms with E-state index < -0.39 is 97.5 Å². The second kappa shape index (κ2) is 81.6. The Morgan fingerprint density at radius 3 is 0.630 bits per heavy atom. The lowest BCUT2D eigenvalue weighted by atomic mass is 10.0. The molecule has 0 aliphatic heterocycles. The molecule has 0 saturated heterocycles. The maximum Gasteiger partial charge on any atom is 0.472 e. The standard InChI is InChI=1S/C89H174O17P2/c1-6-9-12-15-18-21-24-27-29-31-33-34-35-36-38-40-44-49-54-59-64-69-74-88(93)105-85(79-100-87(92)73-68-63-58-53-48-43-39-37-32-30-28-25-22-19-16-13-10-7-2)81-104-108(97,98)102-77-83(90)76-101-107(95,96)103-80-84(78-99-86(91)72-67-62-57-52-47-26-23-20-17-14-11-8-3)106-89(94)75-70-65-60-55-50-45-41-42-46-51-56-61-66-71-82(4)5/h82-85,90H,6-81H2,1-5H3,(H,95,96)(H,97,98)/t83-,84+,85+/m0/s1. The Morgan fingerprint density at radius 1 is 0.250 bits per heavy atom. The minimum Gasteiger partial charge on any atom is -0.462 e. The van der Waals surface area contributed by atoms with Gasteiger partial charge in [0.05, 0.1) is 26.4 Å². The van der Waals surface area contributed by atoms with Crippen molar-refractivity contribution in [2.24, 2.45) is 5.92 Å². The highest BCUT2D eigenvalue weighted by atomic mass is 31.2. The normalized spacial score (nSPS) is 13.7. The second-order valence-corrected chi connectivity index (χ2v) is 35.4. The molecule has 108 heavy (non-hydrogen) atoms. The smallest absolute Gasteiger partial charge is 0.462 e. The van der Waals surface area contributed by atoms with Gasteiger partial charge in [-0.05, 0) is 31.6 Å². The molecular formula is C89H174O17P2. The number of carbonyl (C=O) groups is 4. The van der Waals surface area contributed by atoms with Gasteiger partial charge in [0.25, 0.3) is 0 Å². The van der Waals surface area contributed by atoms with Gasteiger partial charge >= 0.3 is 39.5 Å². The molecule has 0 rings (SSSR count). The molecule has 0 aliphatic rings. The Morgan fingerprint density at radius 2 is 0.426 bits per heavy atom. The van der Waals surface area contributed by atoms with Crippen LogP contribution in [0.2, 0.25) is 0 Å². The molecule has 0 fully saturated rings. The lowest BCUT2D eigenvalue weighted by Gasteiger charge is -2.21. The summed E-state index contributed by atoms with van der Waals surface area (Å²) in [7, 11) is -9.93. The number of phosphoric acid groups is 2. The number of esters is 4. The Kier molecular flexibility index (Phi) is 80.2. The quantitative estimate of drug-likeness (QED) is 0.0222. The molecule has 19 heteroatoms. The fourth-order valence-electron chi connectivity index (χ4n) is 14.0. The third-order valence-corrected chi connectivity index (χ3v) is 22.9. The number of hydrogen-bond acceptors (Lipinski definition) is 15. The maximum absolute atomic E-state index is 13.2. The minimum atomic E-state index is -4.97. The molecule has 0 radical (unpaired) electrons. The predicted molar refractivity (Wildman–Crippen MR) is 446 cm³/mol. The van der Waals surface area contributed by atoms with E-state index in [9.17, 15) is 43.2 Å². The molecule has 0 saturated carbocycles. The van der Waals surface area contributed by atoms with Crippen molar-refractivity contribution in [3.8, 4) is 0 Å². The van der Waals surface area contributed by atoms with E-state index >= 15 is 0 Å². The maximum atomic E-state index is 13.2. The van der Waals surface area contributed by atoms with Crippen LogP contribution >= 0.6 is 15.6 Å². The fraction of sp³-hybridized carbons (Fsp3) is 0.955. The van der Waals surface area contributed by atoms with Gasteiger partial charge in [0, 0.05) is 25.7 Å². The van der Waals surface area contributed by atoms with Crippen molar-refractivity contribution in [2.75, 3.05) is 39.6 Å². The Bertz CT molecular complexity index is 2050. The van der Waals surface area contributed by atoms with Crippen molar-refractivity contribution in [2.45, 2.75) is 502 Å². The lowest BCUT2D eigenvalue weighted by molar-refractivity contribution is -0.161. The molecule has 0 bridgehead atoms. The van der Waals surface area contributed by atoms with Crippen molar-refractivity contribution < 1.29 is 80.2 Å². The number of aliphatic hydroxyl groups excluding tert-OH is 1. The summed E-state index contributed by atoms with van der Waals surface area (Å²) < 4.78 is 69.0. The van der Waals surface area contributed by atoms with Gasteiger partial charge in [-0.15, -0.1) is 0 Å². The highest BCUT2D eigenvalue weighted by Crippen LogP contribution is 2.45. The predicted octanol–water partition coefficient (Wildman–Crippen LogP) is 27.5. The zero-order valence-electron chi connectivity index (χ0n) is 71.0. The largest absolute Gasteiger partial charge is 0.472 e. The van der Waals surface area contributed by atoms with Gasteiger partial charge in [0.15, 0.2) is 12.2 Å². The second-order valence-electron chi connectivity index (χ2n) is 32.5. The van der Waals surface area contributed by atoms with Crippen LogP contribution in [-0.2, 0) is 65.4 Å². The molecule has 5 atom stereocenters. The first-order chi connectivity index (χ1) is 52.5. The van der Waals surface area contributed by atoms with E-state index in [1.165, 1.54) is 308 Å². The third-order valence-electron chi connectivity index (χ3n) is 21.0. The molecule has 0 aromatic rings. The summed E-state index contributed by atoms with van der Waals surface area (Å²) in [5, 5.41) is 10.7. The SMILES string of the molecule is CCCCCCCCCCCCCCCCCCCCCCCCC(=O)O[C@H](COC(=O)CCCCCCCCCCCCCCCCCCCC)COP(=O)(O)OC[C@@H](O)COP(=O)(O)OC[C@@H](COC(=O)CCCCCCCCCCCCCC)OC(=O)CCCCCCCCCCCCCCCC(C)C. The van der Waals surface area contributed by atoms with E-state index in [4.69, 9.17) is 37.0 Å². The summed E-state index contributed by atoms with van der Waals surface area (Å²) in [6, 6.07) is 0. The topological polar surface area (TPSA) is 237 Å². The van der Waals surface area contributed by atoms with Crippen LogP contribution in [0.4, 0.5) is 0 Å². The molecule has 0 aromatic carbocycles. The number of ether oxygens (including phenoxy) is 4. The van der Waals surface area contributed by atoms with Gasteiger partial charge in [-0.2, -0.15) is 0 Å². The molecule has 0 amide bonds. The van der Waals surface area contributed by atoms with Crippen molar-refractivity contribution in [1.82, 2.24) is 0 Å². The Labute approximate surface area is 664 Å². The number of carbonyl (C=O) groups excluding carboxylic acids is 4. The van der Waals surface area contributed by atoms with E-state index in [1.54, 1.807) is 0 Å². The van der Waals surface area contributed by atoms with E-state index in [-0.39, 0.29) is 25.7 Å². The fourth-order valence-corrected chi connectivity index (χ4v) is 15.6. The van der Waals surface area contributed by atoms with E-state index in [0.717, 1.165) is 95.8 Å². The summed E-state index contributed by atoms with van der Waals surface area (Å²) in [5.74, 6) is -1.31. The van der Waals surface area contributed by atoms with Crippen LogP contribution in [0.5, 0.6) is 0 Å². The first kappa shape index (κ1) is 106. The zero-order valence-corrected chi connectivity index (χ0v) is 72.8. The highest BCUT2D eigenvalue weighted by Gasteiger charge is 2.30. The summed E-state index contributed by atoms with van der Waals surface area (Å²) in [6.07, 6.45) is 76.4. The van der Waals surface area contributed by atoms with Crippen molar-refractivity contribution >= 4 is 39.5 Å². The number of hydrogen-bond donors (Lipinski definition) is 3. The van der Waals surface area contributed by atoms with Crippen LogP contribution in [0.15, 0.2) is 0 Å². The van der Waals surface area contributed by atoms with Gasteiger partial charge in [-0.25, -0.2) is 9.13 Å². The van der Waals surface area contributed by atoms with Crippen LogP contribution in [0.25, 0.3) is 0 Å². The first-order valence-electron chi connectivity index (χ1n) is 46.1. The number of aliphatic hydroxyl groups is 1. The molecule has 0 heterocycles. The summed E-state index contributed by atoms with van der Waals surface area (Å²) in [6.45, 7) is 7.40. The van der Waals surface area contributed by atoms with Crippen molar-refractivity contribution in [1.29, 1.82) is 0 Å². The van der Waals surface area contributed by atoms with Crippen LogP contribution in [0.3, 0.4) is 0 Å². The molecule has 0 aliphatic carbocycles. The van der Waals surface area contributed by atoms with Gasteiger partial charge < -0.3 is 33.8 Å².